The normalized spacial score (nSPS) is 11.0. The summed E-state index contributed by atoms with van der Waals surface area (Å²) in [6.45, 7) is -0.540. The van der Waals surface area contributed by atoms with Crippen LogP contribution >= 0.6 is 15.9 Å². The van der Waals surface area contributed by atoms with E-state index < -0.39 is 29.5 Å². The summed E-state index contributed by atoms with van der Waals surface area (Å²) >= 11 is 3.12. The Hall–Kier alpha value is -2.75. The van der Waals surface area contributed by atoms with Crippen molar-refractivity contribution in [1.82, 2.24) is 18.7 Å². The molecule has 0 unspecified atom stereocenters. The van der Waals surface area contributed by atoms with Gasteiger partial charge in [0, 0.05) is 18.6 Å². The molecule has 0 radical (unpaired) electrons. The Morgan fingerprint density at radius 1 is 1.32 bits per heavy atom. The zero-order chi connectivity index (χ0) is 18.3. The van der Waals surface area contributed by atoms with Crippen molar-refractivity contribution in [2.75, 3.05) is 5.32 Å². The molecule has 2 heterocycles. The molecule has 0 atom stereocenters. The zero-order valence-corrected chi connectivity index (χ0v) is 14.9. The van der Waals surface area contributed by atoms with Gasteiger partial charge in [-0.15, -0.1) is 0 Å². The molecule has 1 N–H and O–H groups in total. The Kier molecular flexibility index (Phi) is 4.29. The molecule has 0 aliphatic rings. The van der Waals surface area contributed by atoms with Crippen molar-refractivity contribution in [1.29, 1.82) is 0 Å². The first kappa shape index (κ1) is 17.1. The molecular formula is C15H13BrFN5O3. The van der Waals surface area contributed by atoms with Gasteiger partial charge in [0.1, 0.15) is 12.4 Å². The number of nitrogens with one attached hydrogen (secondary N) is 1. The maximum absolute atomic E-state index is 13.8. The zero-order valence-electron chi connectivity index (χ0n) is 13.3. The predicted molar refractivity (Wildman–Crippen MR) is 92.9 cm³/mol. The van der Waals surface area contributed by atoms with Crippen molar-refractivity contribution in [3.63, 3.8) is 0 Å². The number of fused-ring (bicyclic) bond motifs is 1. The molecule has 130 valence electrons. The standard InChI is InChI=1S/C15H13BrFN5O3/c1-20-7-18-13-12(20)14(24)22(15(25)21(13)2)6-11(23)19-10-4-3-8(16)5-9(10)17/h3-5,7H,6H2,1-2H3,(H,19,23). The van der Waals surface area contributed by atoms with Crippen LogP contribution in [0.3, 0.4) is 0 Å². The summed E-state index contributed by atoms with van der Waals surface area (Å²) in [6.07, 6.45) is 1.41. The first-order valence-electron chi connectivity index (χ1n) is 7.15. The third kappa shape index (κ3) is 3.00. The second-order valence-electron chi connectivity index (χ2n) is 5.43. The highest BCUT2D eigenvalue weighted by atomic mass is 79.9. The summed E-state index contributed by atoms with van der Waals surface area (Å²) < 4.78 is 17.8. The third-order valence-corrected chi connectivity index (χ3v) is 4.20. The molecule has 8 nitrogen and oxygen atoms in total. The minimum absolute atomic E-state index is 0.0420. The second kappa shape index (κ2) is 6.28. The van der Waals surface area contributed by atoms with Gasteiger partial charge in [-0.25, -0.2) is 18.7 Å². The van der Waals surface area contributed by atoms with Crippen molar-refractivity contribution in [3.05, 3.63) is 55.7 Å². The molecule has 3 rings (SSSR count). The topological polar surface area (TPSA) is 90.9 Å². The van der Waals surface area contributed by atoms with Crippen LogP contribution < -0.4 is 16.6 Å². The van der Waals surface area contributed by atoms with E-state index >= 15 is 0 Å². The van der Waals surface area contributed by atoms with E-state index in [-0.39, 0.29) is 16.9 Å². The SMILES string of the molecule is Cn1cnc2c1c(=O)n(CC(=O)Nc1ccc(Br)cc1F)c(=O)n2C. The van der Waals surface area contributed by atoms with E-state index in [0.29, 0.717) is 4.47 Å². The first-order valence-corrected chi connectivity index (χ1v) is 7.94. The van der Waals surface area contributed by atoms with Crippen LogP contribution in [0.4, 0.5) is 10.1 Å². The number of carbonyl (C=O) groups excluding carboxylic acids is 1. The average molecular weight is 410 g/mol. The van der Waals surface area contributed by atoms with Crippen LogP contribution in [0.5, 0.6) is 0 Å². The Bertz CT molecular complexity index is 1110. The monoisotopic (exact) mass is 409 g/mol. The van der Waals surface area contributed by atoms with E-state index in [1.165, 1.54) is 34.6 Å². The van der Waals surface area contributed by atoms with Crippen molar-refractivity contribution in [3.8, 4) is 0 Å². The van der Waals surface area contributed by atoms with E-state index in [0.717, 1.165) is 4.57 Å². The molecule has 0 spiro atoms. The fraction of sp³-hybridized carbons (Fsp3) is 0.200. The van der Waals surface area contributed by atoms with Crippen molar-refractivity contribution in [2.45, 2.75) is 6.54 Å². The lowest BCUT2D eigenvalue weighted by atomic mass is 10.3. The van der Waals surface area contributed by atoms with E-state index in [2.05, 4.69) is 26.2 Å². The summed E-state index contributed by atoms with van der Waals surface area (Å²) in [5.41, 5.74) is -0.926. The second-order valence-corrected chi connectivity index (χ2v) is 6.35. The summed E-state index contributed by atoms with van der Waals surface area (Å²) in [7, 11) is 3.07. The molecule has 1 aromatic carbocycles. The van der Waals surface area contributed by atoms with Crippen LogP contribution in [0.1, 0.15) is 0 Å². The minimum atomic E-state index is -0.693. The quantitative estimate of drug-likeness (QED) is 0.697. The number of aromatic nitrogens is 4. The van der Waals surface area contributed by atoms with Gasteiger partial charge >= 0.3 is 5.69 Å². The van der Waals surface area contributed by atoms with Crippen LogP contribution in [0.15, 0.2) is 38.6 Å². The van der Waals surface area contributed by atoms with Crippen molar-refractivity contribution < 1.29 is 9.18 Å². The number of aryl methyl sites for hydroxylation is 2. The fourth-order valence-electron chi connectivity index (χ4n) is 2.46. The predicted octanol–water partition coefficient (Wildman–Crippen LogP) is 0.974. The first-order chi connectivity index (χ1) is 11.8. The largest absolute Gasteiger partial charge is 0.332 e. The number of rotatable bonds is 3. The van der Waals surface area contributed by atoms with Gasteiger partial charge in [-0.05, 0) is 18.2 Å². The smallest absolute Gasteiger partial charge is 0.328 e. The third-order valence-electron chi connectivity index (χ3n) is 3.71. The van der Waals surface area contributed by atoms with Crippen LogP contribution in [0.25, 0.3) is 11.2 Å². The lowest BCUT2D eigenvalue weighted by Gasteiger charge is -2.10. The molecule has 25 heavy (non-hydrogen) atoms. The molecule has 1 amide bonds. The number of hydrogen-bond acceptors (Lipinski definition) is 4. The van der Waals surface area contributed by atoms with Crippen LogP contribution in [0.2, 0.25) is 0 Å². The highest BCUT2D eigenvalue weighted by Gasteiger charge is 2.17. The van der Waals surface area contributed by atoms with Gasteiger partial charge < -0.3 is 9.88 Å². The van der Waals surface area contributed by atoms with Gasteiger partial charge in [0.2, 0.25) is 5.91 Å². The molecule has 0 aliphatic heterocycles. The number of benzene rings is 1. The van der Waals surface area contributed by atoms with E-state index in [1.807, 2.05) is 0 Å². The van der Waals surface area contributed by atoms with E-state index in [1.54, 1.807) is 13.1 Å². The number of amides is 1. The fourth-order valence-corrected chi connectivity index (χ4v) is 2.79. The van der Waals surface area contributed by atoms with Crippen LogP contribution in [-0.4, -0.2) is 24.6 Å². The number of imidazole rings is 1. The Morgan fingerprint density at radius 3 is 2.72 bits per heavy atom. The van der Waals surface area contributed by atoms with Gasteiger partial charge in [0.15, 0.2) is 11.2 Å². The molecule has 3 aromatic rings. The highest BCUT2D eigenvalue weighted by Crippen LogP contribution is 2.19. The lowest BCUT2D eigenvalue weighted by Crippen LogP contribution is -2.42. The number of halogens is 2. The van der Waals surface area contributed by atoms with Crippen LogP contribution in [0, 0.1) is 5.82 Å². The van der Waals surface area contributed by atoms with Gasteiger partial charge in [-0.1, -0.05) is 15.9 Å². The minimum Gasteiger partial charge on any atom is -0.328 e. The van der Waals surface area contributed by atoms with Crippen molar-refractivity contribution in [2.24, 2.45) is 14.1 Å². The van der Waals surface area contributed by atoms with Crippen molar-refractivity contribution >= 4 is 38.7 Å². The maximum atomic E-state index is 13.8. The van der Waals surface area contributed by atoms with E-state index in [4.69, 9.17) is 0 Å². The molecule has 0 saturated heterocycles. The number of nitrogens with zero attached hydrogens (tertiary/aromatic N) is 4. The Morgan fingerprint density at radius 2 is 2.04 bits per heavy atom. The number of hydrogen-bond donors (Lipinski definition) is 1. The Labute approximate surface area is 148 Å². The van der Waals surface area contributed by atoms with Gasteiger partial charge in [0.25, 0.3) is 5.56 Å². The van der Waals surface area contributed by atoms with Gasteiger partial charge in [-0.2, -0.15) is 0 Å². The molecule has 10 heteroatoms. The summed E-state index contributed by atoms with van der Waals surface area (Å²) in [6, 6.07) is 4.14. The Balaban J connectivity index is 1.98. The molecule has 0 aliphatic carbocycles. The lowest BCUT2D eigenvalue weighted by molar-refractivity contribution is -0.116. The van der Waals surface area contributed by atoms with Crippen LogP contribution in [-0.2, 0) is 25.4 Å². The van der Waals surface area contributed by atoms with E-state index in [9.17, 15) is 18.8 Å². The molecule has 2 aromatic heterocycles. The molecule has 0 bridgehead atoms. The molecular weight excluding hydrogens is 397 g/mol. The average Bonchev–Trinajstić information content (AvgIpc) is 2.94. The summed E-state index contributed by atoms with van der Waals surface area (Å²) in [4.78, 5) is 41.0. The highest BCUT2D eigenvalue weighted by molar-refractivity contribution is 9.10. The summed E-state index contributed by atoms with van der Waals surface area (Å²) in [5, 5.41) is 2.35. The van der Waals surface area contributed by atoms with Gasteiger partial charge in [-0.3, -0.25) is 14.2 Å². The molecule has 0 saturated carbocycles. The molecule has 0 fully saturated rings. The maximum Gasteiger partial charge on any atom is 0.332 e. The van der Waals surface area contributed by atoms with Gasteiger partial charge in [0.05, 0.1) is 12.0 Å². The number of anilines is 1. The number of carbonyl (C=O) groups is 1. The summed E-state index contributed by atoms with van der Waals surface area (Å²) in [5.74, 6) is -1.33.